The van der Waals surface area contributed by atoms with Crippen molar-refractivity contribution in [1.82, 2.24) is 0 Å². The third-order valence-electron chi connectivity index (χ3n) is 1.27. The van der Waals surface area contributed by atoms with Crippen molar-refractivity contribution in [2.45, 2.75) is 52.6 Å². The molecule has 92 valence electrons. The minimum Gasteiger partial charge on any atom is -0.274 e. The summed E-state index contributed by atoms with van der Waals surface area (Å²) in [5.41, 5.74) is 1.63. The molecule has 0 spiro atoms. The Morgan fingerprint density at radius 3 is 1.80 bits per heavy atom. The second-order valence-corrected chi connectivity index (χ2v) is 10.8. The van der Waals surface area contributed by atoms with Gasteiger partial charge in [0.1, 0.15) is 0 Å². The Bertz CT molecular complexity index is 224. The van der Waals surface area contributed by atoms with Crippen molar-refractivity contribution < 1.29 is 4.72 Å². The van der Waals surface area contributed by atoms with Crippen LogP contribution < -0.4 is 4.72 Å². The zero-order valence-corrected chi connectivity index (χ0v) is 13.3. The molecular formula is C11H28N2PS+. The van der Waals surface area contributed by atoms with Gasteiger partial charge in [-0.3, -0.25) is 4.72 Å². The van der Waals surface area contributed by atoms with Crippen molar-refractivity contribution in [3.63, 3.8) is 0 Å². The van der Waals surface area contributed by atoms with Crippen LogP contribution in [-0.4, -0.2) is 29.9 Å². The lowest BCUT2D eigenvalue weighted by Gasteiger charge is -2.22. The number of nitrogens with two attached hydrogens (primary N) is 1. The molecule has 0 saturated carbocycles. The third kappa shape index (κ3) is 10.8. The minimum atomic E-state index is 0.0935. The van der Waals surface area contributed by atoms with Crippen LogP contribution in [0.1, 0.15) is 41.5 Å². The molecule has 15 heavy (non-hydrogen) atoms. The summed E-state index contributed by atoms with van der Waals surface area (Å²) < 4.78 is 7.35. The van der Waals surface area contributed by atoms with E-state index in [1.165, 1.54) is 5.49 Å². The molecule has 0 radical (unpaired) electrons. The molecule has 0 bridgehead atoms. The maximum absolute atomic E-state index is 4.92. The van der Waals surface area contributed by atoms with Gasteiger partial charge in [0.05, 0.1) is 27.4 Å². The minimum absolute atomic E-state index is 0.0935. The van der Waals surface area contributed by atoms with E-state index in [0.29, 0.717) is 0 Å². The number of rotatable bonds is 3. The molecular weight excluding hydrogens is 223 g/mol. The topological polar surface area (TPSA) is 29.0 Å². The molecule has 1 atom stereocenters. The summed E-state index contributed by atoms with van der Waals surface area (Å²) in [5, 5.41) is 0. The highest BCUT2D eigenvalue weighted by molar-refractivity contribution is 7.89. The van der Waals surface area contributed by atoms with Crippen molar-refractivity contribution in [3.05, 3.63) is 0 Å². The monoisotopic (exact) mass is 251 g/mol. The summed E-state index contributed by atoms with van der Waals surface area (Å²) in [5.74, 6) is 0. The molecule has 4 heteroatoms. The Morgan fingerprint density at radius 1 is 1.07 bits per heavy atom. The molecule has 0 aromatic carbocycles. The number of quaternary nitrogens is 1. The van der Waals surface area contributed by atoms with Crippen LogP contribution in [0.4, 0.5) is 0 Å². The van der Waals surface area contributed by atoms with E-state index < -0.39 is 0 Å². The van der Waals surface area contributed by atoms with Crippen molar-refractivity contribution in [2.75, 3.05) is 18.8 Å². The molecule has 0 aliphatic rings. The summed E-state index contributed by atoms with van der Waals surface area (Å²) in [6.07, 6.45) is 0. The molecule has 0 rings (SSSR count). The Labute approximate surface area is 99.6 Å². The summed E-state index contributed by atoms with van der Waals surface area (Å²) in [6.45, 7) is 18.0. The fraction of sp³-hybridized carbons (Fsp3) is 1.00. The van der Waals surface area contributed by atoms with Crippen LogP contribution in [0.25, 0.3) is 0 Å². The maximum Gasteiger partial charge on any atom is 0.0986 e. The van der Waals surface area contributed by atoms with Crippen LogP contribution in [0.5, 0.6) is 0 Å². The maximum atomic E-state index is 4.92. The zero-order chi connectivity index (χ0) is 12.3. The van der Waals surface area contributed by atoms with Gasteiger partial charge in [0.2, 0.25) is 0 Å². The van der Waals surface area contributed by atoms with Crippen molar-refractivity contribution in [1.29, 1.82) is 0 Å². The number of nitrogens with zero attached hydrogens (tertiary/aromatic N) is 1. The van der Waals surface area contributed by atoms with E-state index in [4.69, 9.17) is 4.36 Å². The molecule has 0 aromatic heterocycles. The molecule has 2 nitrogen and oxygen atoms in total. The predicted octanol–water partition coefficient (Wildman–Crippen LogP) is 2.56. The van der Waals surface area contributed by atoms with E-state index in [0.717, 1.165) is 0 Å². The van der Waals surface area contributed by atoms with Gasteiger partial charge < -0.3 is 0 Å². The Balaban J connectivity index is 4.67. The SMILES string of the molecule is CP(C)CS(=NC(C)(C)C)[NH2+]C(C)(C)C. The van der Waals surface area contributed by atoms with Crippen molar-refractivity contribution in [2.24, 2.45) is 4.36 Å². The summed E-state index contributed by atoms with van der Waals surface area (Å²) in [6, 6.07) is 0. The fourth-order valence-electron chi connectivity index (χ4n) is 1.12. The first-order chi connectivity index (χ1) is 6.49. The first-order valence-corrected chi connectivity index (χ1v) is 9.27. The highest BCUT2D eigenvalue weighted by Gasteiger charge is 2.20. The average Bonchev–Trinajstić information content (AvgIpc) is 1.73. The Morgan fingerprint density at radius 2 is 1.53 bits per heavy atom. The first-order valence-electron chi connectivity index (χ1n) is 5.43. The van der Waals surface area contributed by atoms with Gasteiger partial charge in [0.25, 0.3) is 0 Å². The van der Waals surface area contributed by atoms with Crippen LogP contribution in [0.2, 0.25) is 0 Å². The molecule has 2 N–H and O–H groups in total. The standard InChI is InChI=1S/C11H27N2PS/c1-10(2,3)12-15(9-14(7)8)13-11(4,5)6/h9H2,1-8H3,(H,12,13)/p+1. The van der Waals surface area contributed by atoms with Gasteiger partial charge in [-0.05, 0) is 54.9 Å². The van der Waals surface area contributed by atoms with Crippen LogP contribution in [-0.2, 0) is 10.9 Å². The van der Waals surface area contributed by atoms with Gasteiger partial charge >= 0.3 is 0 Å². The van der Waals surface area contributed by atoms with Crippen LogP contribution in [0, 0.1) is 0 Å². The van der Waals surface area contributed by atoms with E-state index in [-0.39, 0.29) is 29.9 Å². The Hall–Kier alpha value is 0.540. The van der Waals surface area contributed by atoms with Crippen molar-refractivity contribution in [3.8, 4) is 0 Å². The quantitative estimate of drug-likeness (QED) is 0.747. The van der Waals surface area contributed by atoms with E-state index in [2.05, 4.69) is 59.6 Å². The van der Waals surface area contributed by atoms with Gasteiger partial charge in [-0.1, -0.05) is 7.92 Å². The molecule has 0 heterocycles. The fourth-order valence-corrected chi connectivity index (χ4v) is 5.33. The molecule has 0 aliphatic heterocycles. The third-order valence-corrected chi connectivity index (χ3v) is 6.16. The number of hydrogen-bond donors (Lipinski definition) is 1. The summed E-state index contributed by atoms with van der Waals surface area (Å²) in [4.78, 5) is 0. The lowest BCUT2D eigenvalue weighted by atomic mass is 10.1. The second-order valence-electron chi connectivity index (χ2n) is 6.36. The lowest BCUT2D eigenvalue weighted by molar-refractivity contribution is -0.565. The van der Waals surface area contributed by atoms with Gasteiger partial charge in [0, 0.05) is 0 Å². The molecule has 0 aliphatic carbocycles. The molecule has 0 amide bonds. The van der Waals surface area contributed by atoms with Crippen LogP contribution in [0.3, 0.4) is 0 Å². The highest BCUT2D eigenvalue weighted by atomic mass is 32.2. The second kappa shape index (κ2) is 5.75. The molecule has 0 fully saturated rings. The van der Waals surface area contributed by atoms with Crippen LogP contribution in [0.15, 0.2) is 4.36 Å². The average molecular weight is 251 g/mol. The summed E-state index contributed by atoms with van der Waals surface area (Å²) in [7, 11) is 0.277. The molecule has 1 unspecified atom stereocenters. The van der Waals surface area contributed by atoms with Crippen LogP contribution >= 0.6 is 7.92 Å². The van der Waals surface area contributed by atoms with E-state index >= 15 is 0 Å². The van der Waals surface area contributed by atoms with Gasteiger partial charge in [-0.25, -0.2) is 4.36 Å². The normalized spacial score (nSPS) is 16.1. The summed E-state index contributed by atoms with van der Waals surface area (Å²) >= 11 is 0. The first kappa shape index (κ1) is 15.5. The molecule has 0 aromatic rings. The Kier molecular flexibility index (Phi) is 5.95. The number of hydrogen-bond acceptors (Lipinski definition) is 1. The molecule has 0 saturated heterocycles. The van der Waals surface area contributed by atoms with E-state index in [1.54, 1.807) is 0 Å². The highest BCUT2D eigenvalue weighted by Crippen LogP contribution is 2.25. The zero-order valence-electron chi connectivity index (χ0n) is 11.6. The smallest absolute Gasteiger partial charge is 0.0986 e. The van der Waals surface area contributed by atoms with E-state index in [1.807, 2.05) is 0 Å². The predicted molar refractivity (Wildman–Crippen MR) is 74.9 cm³/mol. The lowest BCUT2D eigenvalue weighted by Crippen LogP contribution is -2.94. The van der Waals surface area contributed by atoms with Crippen molar-refractivity contribution >= 4 is 18.8 Å². The van der Waals surface area contributed by atoms with Gasteiger partial charge in [-0.2, -0.15) is 0 Å². The van der Waals surface area contributed by atoms with Gasteiger partial charge in [-0.15, -0.1) is 0 Å². The largest absolute Gasteiger partial charge is 0.274 e. The van der Waals surface area contributed by atoms with Gasteiger partial charge in [0.15, 0.2) is 0 Å². The van der Waals surface area contributed by atoms with E-state index in [9.17, 15) is 0 Å².